The largest absolute Gasteiger partial charge is 0.480 e. The van der Waals surface area contributed by atoms with Gasteiger partial charge in [-0.15, -0.1) is 0 Å². The Labute approximate surface area is 77.4 Å². The minimum Gasteiger partial charge on any atom is -0.480 e. The summed E-state index contributed by atoms with van der Waals surface area (Å²) >= 11 is 4.26. The number of anilines is 1. The molecule has 1 unspecified atom stereocenters. The molecule has 0 bridgehead atoms. The molecule has 0 saturated heterocycles. The van der Waals surface area contributed by atoms with E-state index in [0.717, 1.165) is 5.56 Å². The minimum atomic E-state index is 0.144. The summed E-state index contributed by atoms with van der Waals surface area (Å²) in [5.41, 5.74) is 7.20. The van der Waals surface area contributed by atoms with Crippen LogP contribution in [0.2, 0.25) is 0 Å². The first-order chi connectivity index (χ1) is 5.65. The highest BCUT2D eigenvalue weighted by Gasteiger charge is 2.04. The van der Waals surface area contributed by atoms with Crippen LogP contribution in [0.3, 0.4) is 0 Å². The maximum absolute atomic E-state index is 5.65. The Morgan fingerprint density at radius 3 is 2.75 bits per heavy atom. The predicted molar refractivity (Wildman–Crippen MR) is 52.6 cm³/mol. The molecule has 2 N–H and O–H groups in total. The van der Waals surface area contributed by atoms with Crippen LogP contribution in [0.1, 0.15) is 17.7 Å². The summed E-state index contributed by atoms with van der Waals surface area (Å²) in [6, 6.07) is 1.82. The third kappa shape index (κ3) is 1.82. The van der Waals surface area contributed by atoms with Gasteiger partial charge in [0, 0.05) is 11.4 Å². The van der Waals surface area contributed by atoms with E-state index >= 15 is 0 Å². The molecule has 4 heteroatoms. The van der Waals surface area contributed by atoms with Crippen LogP contribution in [-0.4, -0.2) is 12.1 Å². The van der Waals surface area contributed by atoms with Crippen molar-refractivity contribution in [2.24, 2.45) is 0 Å². The Kier molecular flexibility index (Phi) is 2.81. The summed E-state index contributed by atoms with van der Waals surface area (Å²) in [5, 5.41) is 0.144. The van der Waals surface area contributed by atoms with Crippen molar-refractivity contribution in [1.82, 2.24) is 4.98 Å². The lowest BCUT2D eigenvalue weighted by atomic mass is 10.2. The fraction of sp³-hybridized carbons (Fsp3) is 0.375. The fourth-order valence-electron chi connectivity index (χ4n) is 0.885. The van der Waals surface area contributed by atoms with E-state index in [9.17, 15) is 0 Å². The maximum Gasteiger partial charge on any atom is 0.236 e. The Morgan fingerprint density at radius 1 is 1.67 bits per heavy atom. The molecular weight excluding hydrogens is 172 g/mol. The van der Waals surface area contributed by atoms with Gasteiger partial charge in [0.05, 0.1) is 12.8 Å². The van der Waals surface area contributed by atoms with Crippen molar-refractivity contribution in [2.75, 3.05) is 12.8 Å². The third-order valence-corrected chi connectivity index (χ3v) is 1.87. The molecule has 66 valence electrons. The van der Waals surface area contributed by atoms with Gasteiger partial charge in [-0.1, -0.05) is 0 Å². The number of nitrogens with two attached hydrogens (primary N) is 1. The van der Waals surface area contributed by atoms with E-state index in [2.05, 4.69) is 17.6 Å². The van der Waals surface area contributed by atoms with Gasteiger partial charge < -0.3 is 10.5 Å². The van der Waals surface area contributed by atoms with Gasteiger partial charge in [0.2, 0.25) is 5.88 Å². The van der Waals surface area contributed by atoms with E-state index in [0.29, 0.717) is 11.6 Å². The van der Waals surface area contributed by atoms with Crippen molar-refractivity contribution in [3.05, 3.63) is 17.8 Å². The number of pyridine rings is 1. The number of rotatable bonds is 2. The fourth-order valence-corrected chi connectivity index (χ4v) is 1.03. The number of nitrogens with zero attached hydrogens (tertiary/aromatic N) is 1. The van der Waals surface area contributed by atoms with Crippen molar-refractivity contribution in [3.8, 4) is 5.88 Å². The summed E-state index contributed by atoms with van der Waals surface area (Å²) in [6.45, 7) is 1.96. The molecule has 0 aliphatic carbocycles. The molecule has 0 aliphatic heterocycles. The summed E-state index contributed by atoms with van der Waals surface area (Å²) in [6.07, 6.45) is 1.72. The zero-order chi connectivity index (χ0) is 9.14. The van der Waals surface area contributed by atoms with Gasteiger partial charge in [-0.25, -0.2) is 4.98 Å². The van der Waals surface area contributed by atoms with Gasteiger partial charge in [0.15, 0.2) is 0 Å². The van der Waals surface area contributed by atoms with Crippen LogP contribution in [0.15, 0.2) is 12.3 Å². The molecule has 1 aromatic heterocycles. The van der Waals surface area contributed by atoms with Gasteiger partial charge >= 0.3 is 0 Å². The normalized spacial score (nSPS) is 12.6. The summed E-state index contributed by atoms with van der Waals surface area (Å²) in [4.78, 5) is 4.02. The van der Waals surface area contributed by atoms with E-state index in [4.69, 9.17) is 10.5 Å². The van der Waals surface area contributed by atoms with Gasteiger partial charge in [-0.2, -0.15) is 12.6 Å². The molecule has 1 heterocycles. The van der Waals surface area contributed by atoms with Crippen LogP contribution < -0.4 is 10.5 Å². The van der Waals surface area contributed by atoms with Crippen LogP contribution in [0.25, 0.3) is 0 Å². The number of hydrogen-bond acceptors (Lipinski definition) is 4. The number of thiol groups is 1. The molecule has 0 spiro atoms. The van der Waals surface area contributed by atoms with Crippen LogP contribution in [0.5, 0.6) is 5.88 Å². The average molecular weight is 184 g/mol. The first-order valence-corrected chi connectivity index (χ1v) is 4.14. The average Bonchev–Trinajstić information content (AvgIpc) is 2.04. The van der Waals surface area contributed by atoms with Crippen molar-refractivity contribution in [3.63, 3.8) is 0 Å². The molecule has 0 radical (unpaired) electrons. The Balaban J connectivity index is 3.02. The smallest absolute Gasteiger partial charge is 0.236 e. The number of nitrogen functional groups attached to an aromatic ring is 1. The molecule has 0 fully saturated rings. The number of hydrogen-bond donors (Lipinski definition) is 2. The lowest BCUT2D eigenvalue weighted by molar-refractivity contribution is 0.400. The Hall–Kier alpha value is -0.900. The second kappa shape index (κ2) is 3.67. The number of methoxy groups -OCH3 is 1. The van der Waals surface area contributed by atoms with E-state index in [1.54, 1.807) is 13.3 Å². The van der Waals surface area contributed by atoms with Crippen molar-refractivity contribution >= 4 is 18.3 Å². The summed E-state index contributed by atoms with van der Waals surface area (Å²) < 4.78 is 4.92. The van der Waals surface area contributed by atoms with E-state index in [-0.39, 0.29) is 5.25 Å². The quantitative estimate of drug-likeness (QED) is 0.687. The molecule has 1 rings (SSSR count). The molecule has 0 aliphatic rings. The van der Waals surface area contributed by atoms with Crippen molar-refractivity contribution in [1.29, 1.82) is 0 Å². The Bertz CT molecular complexity index is 276. The molecule has 3 nitrogen and oxygen atoms in total. The molecular formula is C8H12N2OS. The zero-order valence-corrected chi connectivity index (χ0v) is 8.01. The SMILES string of the molecule is COc1ncc(C(C)S)cc1N. The predicted octanol–water partition coefficient (Wildman–Crippen LogP) is 1.66. The molecule has 0 aromatic carbocycles. The minimum absolute atomic E-state index is 0.144. The van der Waals surface area contributed by atoms with E-state index < -0.39 is 0 Å². The van der Waals surface area contributed by atoms with Crippen molar-refractivity contribution < 1.29 is 4.74 Å². The Morgan fingerprint density at radius 2 is 2.33 bits per heavy atom. The van der Waals surface area contributed by atoms with E-state index in [1.165, 1.54) is 0 Å². The van der Waals surface area contributed by atoms with Crippen LogP contribution in [0, 0.1) is 0 Å². The number of ether oxygens (including phenoxy) is 1. The summed E-state index contributed by atoms with van der Waals surface area (Å²) in [7, 11) is 1.54. The second-order valence-corrected chi connectivity index (χ2v) is 3.32. The first kappa shape index (κ1) is 9.19. The zero-order valence-electron chi connectivity index (χ0n) is 7.11. The number of aromatic nitrogens is 1. The van der Waals surface area contributed by atoms with Gasteiger partial charge in [-0.05, 0) is 18.6 Å². The van der Waals surface area contributed by atoms with Gasteiger partial charge in [0.1, 0.15) is 0 Å². The van der Waals surface area contributed by atoms with Gasteiger partial charge in [-0.3, -0.25) is 0 Å². The molecule has 0 amide bonds. The van der Waals surface area contributed by atoms with Crippen LogP contribution in [0.4, 0.5) is 5.69 Å². The molecule has 0 saturated carbocycles. The van der Waals surface area contributed by atoms with Crippen LogP contribution >= 0.6 is 12.6 Å². The third-order valence-electron chi connectivity index (χ3n) is 1.58. The standard InChI is InChI=1S/C8H12N2OS/c1-5(12)6-3-7(9)8(11-2)10-4-6/h3-5,12H,9H2,1-2H3. The monoisotopic (exact) mass is 184 g/mol. The maximum atomic E-state index is 5.65. The lowest BCUT2D eigenvalue weighted by Gasteiger charge is -2.07. The topological polar surface area (TPSA) is 48.1 Å². The van der Waals surface area contributed by atoms with Gasteiger partial charge in [0.25, 0.3) is 0 Å². The lowest BCUT2D eigenvalue weighted by Crippen LogP contribution is -1.97. The molecule has 1 atom stereocenters. The molecule has 1 aromatic rings. The van der Waals surface area contributed by atoms with E-state index in [1.807, 2.05) is 13.0 Å². The van der Waals surface area contributed by atoms with Crippen LogP contribution in [-0.2, 0) is 0 Å². The highest BCUT2D eigenvalue weighted by molar-refractivity contribution is 7.80. The highest BCUT2D eigenvalue weighted by atomic mass is 32.1. The molecule has 12 heavy (non-hydrogen) atoms. The van der Waals surface area contributed by atoms with Crippen molar-refractivity contribution in [2.45, 2.75) is 12.2 Å². The first-order valence-electron chi connectivity index (χ1n) is 3.62. The summed E-state index contributed by atoms with van der Waals surface area (Å²) in [5.74, 6) is 0.465. The highest BCUT2D eigenvalue weighted by Crippen LogP contribution is 2.24. The second-order valence-electron chi connectivity index (χ2n) is 2.54.